The second kappa shape index (κ2) is 11.8. The van der Waals surface area contributed by atoms with Crippen molar-refractivity contribution in [1.29, 1.82) is 0 Å². The molecule has 0 saturated heterocycles. The van der Waals surface area contributed by atoms with Gasteiger partial charge in [0.1, 0.15) is 0 Å². The Balaban J connectivity index is 0.00000153. The lowest BCUT2D eigenvalue weighted by Gasteiger charge is -2.12. The van der Waals surface area contributed by atoms with Gasteiger partial charge in [-0.15, -0.1) is 11.3 Å². The van der Waals surface area contributed by atoms with Crippen LogP contribution in [0.25, 0.3) is 81.2 Å². The van der Waals surface area contributed by atoms with Gasteiger partial charge in [-0.25, -0.2) is 0 Å². The minimum absolute atomic E-state index is 0.998. The molecule has 0 radical (unpaired) electrons. The van der Waals surface area contributed by atoms with E-state index in [1.807, 2.05) is 20.0 Å². The first-order valence-corrected chi connectivity index (χ1v) is 16.7. The lowest BCUT2D eigenvalue weighted by molar-refractivity contribution is 1.18. The van der Waals surface area contributed by atoms with E-state index >= 15 is 0 Å². The first-order valence-electron chi connectivity index (χ1n) is 15.9. The Morgan fingerprint density at radius 2 is 0.957 bits per heavy atom. The Bertz CT molecular complexity index is 2460. The zero-order chi connectivity index (χ0) is 31.0. The molecule has 9 rings (SSSR count). The second-order valence-electron chi connectivity index (χ2n) is 11.2. The summed E-state index contributed by atoms with van der Waals surface area (Å²) < 4.78 is 4.90. The third-order valence-corrected chi connectivity index (χ3v) is 9.76. The number of nitrogens with zero attached hydrogens (tertiary/aromatic N) is 2. The molecule has 3 aromatic heterocycles. The fourth-order valence-corrected chi connectivity index (χ4v) is 7.61. The van der Waals surface area contributed by atoms with Gasteiger partial charge in [-0.2, -0.15) is 0 Å². The van der Waals surface area contributed by atoms with Crippen LogP contribution in [0.1, 0.15) is 13.8 Å². The maximum Gasteiger partial charge on any atom is 0.0709 e. The van der Waals surface area contributed by atoms with Gasteiger partial charge in [0.2, 0.25) is 0 Å². The van der Waals surface area contributed by atoms with E-state index in [1.165, 1.54) is 64.2 Å². The molecule has 0 spiro atoms. The van der Waals surface area contributed by atoms with Crippen molar-refractivity contribution in [2.75, 3.05) is 0 Å². The highest BCUT2D eigenvalue weighted by Gasteiger charge is 2.13. The van der Waals surface area contributed by atoms with Crippen LogP contribution in [-0.2, 0) is 0 Å². The van der Waals surface area contributed by atoms with Crippen molar-refractivity contribution in [2.45, 2.75) is 13.8 Å². The van der Waals surface area contributed by atoms with E-state index < -0.39 is 0 Å². The number of pyridine rings is 1. The summed E-state index contributed by atoms with van der Waals surface area (Å²) in [6.45, 7) is 4.00. The van der Waals surface area contributed by atoms with Crippen molar-refractivity contribution in [2.24, 2.45) is 0 Å². The average Bonchev–Trinajstić information content (AvgIpc) is 3.68. The number of aromatic nitrogens is 2. The maximum atomic E-state index is 4.86. The Labute approximate surface area is 272 Å². The van der Waals surface area contributed by atoms with Gasteiger partial charge in [-0.1, -0.05) is 117 Å². The number of rotatable bonds is 4. The van der Waals surface area contributed by atoms with Crippen LogP contribution in [0.3, 0.4) is 0 Å². The molecule has 0 N–H and O–H groups in total. The molecule has 0 atom stereocenters. The minimum Gasteiger partial charge on any atom is -0.309 e. The zero-order valence-electron chi connectivity index (χ0n) is 25.8. The molecule has 0 saturated carbocycles. The molecule has 0 aliphatic rings. The molecule has 220 valence electrons. The van der Waals surface area contributed by atoms with Crippen LogP contribution in [0.15, 0.2) is 158 Å². The number of hydrogen-bond acceptors (Lipinski definition) is 2. The van der Waals surface area contributed by atoms with Gasteiger partial charge in [-0.05, 0) is 70.8 Å². The molecule has 6 aromatic carbocycles. The van der Waals surface area contributed by atoms with E-state index in [4.69, 9.17) is 4.98 Å². The molecule has 3 heterocycles. The Morgan fingerprint density at radius 1 is 0.435 bits per heavy atom. The molecule has 0 aliphatic carbocycles. The van der Waals surface area contributed by atoms with Gasteiger partial charge in [0.15, 0.2) is 0 Å². The molecular weight excluding hydrogens is 577 g/mol. The topological polar surface area (TPSA) is 17.8 Å². The van der Waals surface area contributed by atoms with Crippen molar-refractivity contribution in [3.05, 3.63) is 158 Å². The van der Waals surface area contributed by atoms with Crippen LogP contribution in [0.4, 0.5) is 0 Å². The van der Waals surface area contributed by atoms with Crippen LogP contribution in [0.5, 0.6) is 0 Å². The van der Waals surface area contributed by atoms with Crippen LogP contribution in [-0.4, -0.2) is 9.55 Å². The van der Waals surface area contributed by atoms with Crippen LogP contribution >= 0.6 is 11.3 Å². The lowest BCUT2D eigenvalue weighted by Crippen LogP contribution is -1.94. The molecular formula is C43H32N2S. The smallest absolute Gasteiger partial charge is 0.0709 e. The van der Waals surface area contributed by atoms with Crippen molar-refractivity contribution < 1.29 is 0 Å². The van der Waals surface area contributed by atoms with E-state index in [9.17, 15) is 0 Å². The van der Waals surface area contributed by atoms with E-state index in [1.54, 1.807) is 11.3 Å². The number of benzene rings is 6. The maximum absolute atomic E-state index is 4.86. The molecule has 2 nitrogen and oxygen atoms in total. The summed E-state index contributed by atoms with van der Waals surface area (Å²) in [4.78, 5) is 4.86. The van der Waals surface area contributed by atoms with Crippen molar-refractivity contribution in [1.82, 2.24) is 9.55 Å². The molecule has 3 heteroatoms. The highest BCUT2D eigenvalue weighted by molar-refractivity contribution is 7.25. The number of para-hydroxylation sites is 2. The molecule has 0 aliphatic heterocycles. The van der Waals surface area contributed by atoms with Gasteiger partial charge in [0.25, 0.3) is 0 Å². The number of fused-ring (bicyclic) bond motifs is 6. The van der Waals surface area contributed by atoms with E-state index in [0.29, 0.717) is 0 Å². The SMILES string of the molecule is CC.c1cc(-c2cccc(-c3cc4c(cn3)sc3ccccc34)c2)cc(-c2cccc(-n3c4ccccc4c4ccccc43)c2)c1. The highest BCUT2D eigenvalue weighted by atomic mass is 32.1. The molecule has 0 bridgehead atoms. The van der Waals surface area contributed by atoms with Crippen molar-refractivity contribution in [3.63, 3.8) is 0 Å². The Hall–Kier alpha value is -5.51. The molecule has 0 unspecified atom stereocenters. The Morgan fingerprint density at radius 3 is 1.63 bits per heavy atom. The summed E-state index contributed by atoms with van der Waals surface area (Å²) in [6.07, 6.45) is 2.02. The molecule has 46 heavy (non-hydrogen) atoms. The number of hydrogen-bond donors (Lipinski definition) is 0. The van der Waals surface area contributed by atoms with Gasteiger partial charge >= 0.3 is 0 Å². The summed E-state index contributed by atoms with van der Waals surface area (Å²) in [5.74, 6) is 0. The summed E-state index contributed by atoms with van der Waals surface area (Å²) in [7, 11) is 0. The van der Waals surface area contributed by atoms with E-state index in [-0.39, 0.29) is 0 Å². The normalized spacial score (nSPS) is 11.3. The number of thiophene rings is 1. The predicted octanol–water partition coefficient (Wildman–Crippen LogP) is 12.6. The summed E-state index contributed by atoms with van der Waals surface area (Å²) >= 11 is 1.80. The van der Waals surface area contributed by atoms with Crippen LogP contribution < -0.4 is 0 Å². The molecule has 9 aromatic rings. The molecule has 0 fully saturated rings. The first-order chi connectivity index (χ1) is 22.8. The summed E-state index contributed by atoms with van der Waals surface area (Å²) in [5, 5.41) is 5.11. The molecule has 0 amide bonds. The van der Waals surface area contributed by atoms with Crippen LogP contribution in [0.2, 0.25) is 0 Å². The summed E-state index contributed by atoms with van der Waals surface area (Å²) in [6, 6.07) is 54.7. The zero-order valence-corrected chi connectivity index (χ0v) is 26.6. The quantitative estimate of drug-likeness (QED) is 0.194. The average molecular weight is 609 g/mol. The third-order valence-electron chi connectivity index (χ3n) is 8.64. The standard InChI is InChI=1S/C41H26N2S.C2H6/c1-4-19-38-33(16-1)34-17-2-5-20-39(34)43(38)32-15-9-13-30(24-32)28-11-7-10-27(22-28)29-12-8-14-31(23-29)37-25-36-35-18-3-6-21-40(35)44-41(36)26-42-37;1-2/h1-26H;1-2H3. The third kappa shape index (κ3) is 4.77. The van der Waals surface area contributed by atoms with Gasteiger partial charge in [0, 0.05) is 43.7 Å². The highest BCUT2D eigenvalue weighted by Crippen LogP contribution is 2.37. The largest absolute Gasteiger partial charge is 0.309 e. The van der Waals surface area contributed by atoms with Crippen molar-refractivity contribution in [3.8, 4) is 39.2 Å². The summed E-state index contributed by atoms with van der Waals surface area (Å²) in [5.41, 5.74) is 10.5. The predicted molar refractivity (Wildman–Crippen MR) is 199 cm³/mol. The monoisotopic (exact) mass is 608 g/mol. The van der Waals surface area contributed by atoms with Gasteiger partial charge < -0.3 is 4.57 Å². The van der Waals surface area contributed by atoms with E-state index in [0.717, 1.165) is 16.9 Å². The van der Waals surface area contributed by atoms with Gasteiger partial charge in [-0.3, -0.25) is 4.98 Å². The van der Waals surface area contributed by atoms with Crippen molar-refractivity contribution >= 4 is 53.3 Å². The Kier molecular flexibility index (Phi) is 7.17. The second-order valence-corrected chi connectivity index (χ2v) is 12.3. The first kappa shape index (κ1) is 28.0. The van der Waals surface area contributed by atoms with Gasteiger partial charge in [0.05, 0.1) is 21.4 Å². The lowest BCUT2D eigenvalue weighted by atomic mass is 9.97. The fourth-order valence-electron chi connectivity index (χ4n) is 6.55. The van der Waals surface area contributed by atoms with E-state index in [2.05, 4.69) is 156 Å². The minimum atomic E-state index is 0.998. The van der Waals surface area contributed by atoms with Crippen LogP contribution in [0, 0.1) is 0 Å². The fraction of sp³-hybridized carbons (Fsp3) is 0.0465.